The van der Waals surface area contributed by atoms with Crippen LogP contribution in [0.15, 0.2) is 60.7 Å². The Morgan fingerprint density at radius 2 is 1.56 bits per heavy atom. The van der Waals surface area contributed by atoms with E-state index in [2.05, 4.69) is 17.5 Å². The molecule has 0 aromatic heterocycles. The van der Waals surface area contributed by atoms with Gasteiger partial charge in [-0.15, -0.1) is 0 Å². The van der Waals surface area contributed by atoms with Crippen LogP contribution in [0.3, 0.4) is 0 Å². The Kier molecular flexibility index (Phi) is 5.60. The largest absolute Gasteiger partial charge is 0.508 e. The average molecular weight is 452 g/mol. The summed E-state index contributed by atoms with van der Waals surface area (Å²) in [6, 6.07) is 16.6. The predicted octanol–water partition coefficient (Wildman–Crippen LogP) is 2.44. The molecule has 2 aliphatic rings. The normalized spacial score (nSPS) is 14.1. The maximum absolute atomic E-state index is 12.5. The topological polar surface area (TPSA) is 140 Å². The molecule has 0 saturated carbocycles. The van der Waals surface area contributed by atoms with Gasteiger partial charge in [0.25, 0.3) is 0 Å². The zero-order chi connectivity index (χ0) is 22.9. The minimum atomic E-state index is -1.17. The average Bonchev–Trinajstić information content (AvgIpc) is 3.05. The molecule has 0 aliphatic carbocycles. The lowest BCUT2D eigenvalue weighted by molar-refractivity contribution is 0.0224. The number of benzene rings is 3. The van der Waals surface area contributed by atoms with Crippen LogP contribution in [0.2, 0.25) is 0 Å². The Balaban J connectivity index is 0.000000307. The fraction of sp³-hybridized carbons (Fsp3) is 0.130. The molecule has 0 radical (unpaired) electrons. The number of carbonyl (C=O) groups excluding carboxylic acids is 1. The number of phenolic OH excluding ortho intramolecular Hbond substituents is 2. The van der Waals surface area contributed by atoms with Crippen molar-refractivity contribution >= 4 is 23.3 Å². The molecule has 32 heavy (non-hydrogen) atoms. The van der Waals surface area contributed by atoms with Gasteiger partial charge in [0.1, 0.15) is 23.0 Å². The second-order valence-electron chi connectivity index (χ2n) is 7.16. The maximum Gasteiger partial charge on any atom is 0.340 e. The van der Waals surface area contributed by atoms with Crippen molar-refractivity contribution in [3.8, 4) is 23.0 Å². The van der Waals surface area contributed by atoms with E-state index in [-0.39, 0.29) is 11.5 Å². The highest BCUT2D eigenvalue weighted by molar-refractivity contribution is 7.80. The van der Waals surface area contributed by atoms with Crippen molar-refractivity contribution in [2.45, 2.75) is 5.60 Å². The van der Waals surface area contributed by atoms with Gasteiger partial charge in [0.2, 0.25) is 0 Å². The molecule has 0 unspecified atom stereocenters. The van der Waals surface area contributed by atoms with Crippen LogP contribution < -0.4 is 21.5 Å². The molecule has 0 amide bonds. The van der Waals surface area contributed by atoms with Crippen molar-refractivity contribution in [3.05, 3.63) is 82.9 Å². The zero-order valence-corrected chi connectivity index (χ0v) is 17.7. The number of phenols is 2. The first-order valence-electron chi connectivity index (χ1n) is 9.78. The van der Waals surface area contributed by atoms with Gasteiger partial charge in [-0.05, 0) is 42.5 Å². The Hall–Kier alpha value is -3.82. The second kappa shape index (κ2) is 8.37. The first kappa shape index (κ1) is 21.4. The third-order valence-electron chi connectivity index (χ3n) is 5.12. The van der Waals surface area contributed by atoms with Crippen LogP contribution in [0.25, 0.3) is 0 Å². The number of nitrogens with two attached hydrogens (primary N) is 2. The molecule has 7 N–H and O–H groups in total. The van der Waals surface area contributed by atoms with Gasteiger partial charge in [-0.2, -0.15) is 0 Å². The fourth-order valence-corrected chi connectivity index (χ4v) is 3.95. The van der Waals surface area contributed by atoms with Crippen LogP contribution in [0.4, 0.5) is 0 Å². The molecule has 0 saturated heterocycles. The molecule has 0 bridgehead atoms. The van der Waals surface area contributed by atoms with Crippen molar-refractivity contribution in [1.82, 2.24) is 5.32 Å². The summed E-state index contributed by atoms with van der Waals surface area (Å²) in [6.45, 7) is 1.23. The number of nitrogens with one attached hydrogen (secondary N) is 1. The first-order valence-corrected chi connectivity index (χ1v) is 10.2. The number of hydrogen-bond acceptors (Lipinski definition) is 7. The molecule has 0 fully saturated rings. The number of hydrogen-bond donors (Lipinski definition) is 5. The van der Waals surface area contributed by atoms with Crippen LogP contribution in [0.5, 0.6) is 23.0 Å². The van der Waals surface area contributed by atoms with Crippen molar-refractivity contribution in [3.63, 3.8) is 0 Å². The van der Waals surface area contributed by atoms with Crippen molar-refractivity contribution < 1.29 is 24.5 Å². The molecule has 9 heteroatoms. The Bertz CT molecular complexity index is 1160. The lowest BCUT2D eigenvalue weighted by atomic mass is 9.77. The van der Waals surface area contributed by atoms with E-state index in [1.54, 1.807) is 24.3 Å². The van der Waals surface area contributed by atoms with Gasteiger partial charge >= 0.3 is 5.97 Å². The van der Waals surface area contributed by atoms with Crippen molar-refractivity contribution in [2.75, 3.05) is 13.1 Å². The van der Waals surface area contributed by atoms with Gasteiger partial charge in [0.15, 0.2) is 10.7 Å². The van der Waals surface area contributed by atoms with Crippen LogP contribution in [-0.2, 0) is 10.3 Å². The highest BCUT2D eigenvalue weighted by atomic mass is 32.1. The fourth-order valence-electron chi connectivity index (χ4n) is 3.85. The summed E-state index contributed by atoms with van der Waals surface area (Å²) in [5, 5.41) is 22.7. The number of esters is 1. The first-order chi connectivity index (χ1) is 15.4. The van der Waals surface area contributed by atoms with Gasteiger partial charge < -0.3 is 36.5 Å². The highest BCUT2D eigenvalue weighted by Crippen LogP contribution is 2.56. The monoisotopic (exact) mass is 451 g/mol. The number of rotatable bonds is 2. The Morgan fingerprint density at radius 1 is 0.969 bits per heavy atom. The second-order valence-corrected chi connectivity index (χ2v) is 7.60. The number of fused-ring (bicyclic) bond motifs is 6. The third kappa shape index (κ3) is 3.57. The summed E-state index contributed by atoms with van der Waals surface area (Å²) >= 11 is 4.47. The van der Waals surface area contributed by atoms with Gasteiger partial charge in [0, 0.05) is 41.9 Å². The zero-order valence-electron chi connectivity index (χ0n) is 16.9. The van der Waals surface area contributed by atoms with E-state index in [1.165, 1.54) is 24.3 Å². The number of ether oxygens (including phenoxy) is 2. The van der Waals surface area contributed by atoms with E-state index in [0.717, 1.165) is 0 Å². The number of thiocarbonyl (C=S) groups is 1. The summed E-state index contributed by atoms with van der Waals surface area (Å²) in [6.07, 6.45) is 0. The minimum absolute atomic E-state index is 0.0371. The lowest BCUT2D eigenvalue weighted by Gasteiger charge is -2.36. The standard InChI is InChI=1S/C20H12O5.C3H9N3S/c21-11-5-7-15-17(9-11)24-18-10-12(22)6-8-16(18)20(15)14-4-2-1-3-13(14)19(23)25-20;4-1-2-6-3(5)7/h1-10,21-22H;1-2,4H2,(H3,5,6,7). The van der Waals surface area contributed by atoms with Crippen molar-refractivity contribution in [1.29, 1.82) is 0 Å². The van der Waals surface area contributed by atoms with E-state index < -0.39 is 11.6 Å². The third-order valence-corrected chi connectivity index (χ3v) is 5.27. The van der Waals surface area contributed by atoms with Crippen molar-refractivity contribution in [2.24, 2.45) is 11.5 Å². The van der Waals surface area contributed by atoms with Crippen LogP contribution in [0.1, 0.15) is 27.0 Å². The Morgan fingerprint density at radius 3 is 2.09 bits per heavy atom. The van der Waals surface area contributed by atoms with Gasteiger partial charge in [-0.25, -0.2) is 4.79 Å². The summed E-state index contributed by atoms with van der Waals surface area (Å²) in [4.78, 5) is 12.5. The van der Waals surface area contributed by atoms with E-state index >= 15 is 0 Å². The molecule has 0 atom stereocenters. The molecular weight excluding hydrogens is 430 g/mol. The molecule has 2 heterocycles. The van der Waals surface area contributed by atoms with E-state index in [9.17, 15) is 15.0 Å². The minimum Gasteiger partial charge on any atom is -0.508 e. The smallest absolute Gasteiger partial charge is 0.340 e. The number of aromatic hydroxyl groups is 2. The molecule has 164 valence electrons. The van der Waals surface area contributed by atoms with Crippen LogP contribution >= 0.6 is 12.2 Å². The predicted molar refractivity (Wildman–Crippen MR) is 122 cm³/mol. The lowest BCUT2D eigenvalue weighted by Crippen LogP contribution is -2.33. The SMILES string of the molecule is NCCNC(N)=S.O=C1OC2(c3ccc(O)cc3Oc3cc(O)ccc32)c2ccccc21. The van der Waals surface area contributed by atoms with Crippen LogP contribution in [-0.4, -0.2) is 34.4 Å². The molecule has 2 aliphatic heterocycles. The van der Waals surface area contributed by atoms with Gasteiger partial charge in [-0.3, -0.25) is 0 Å². The summed E-state index contributed by atoms with van der Waals surface area (Å²) in [5.74, 6) is 0.408. The molecule has 1 spiro atoms. The molecular formula is C23H21N3O5S. The highest BCUT2D eigenvalue weighted by Gasteiger charge is 2.53. The molecule has 3 aromatic carbocycles. The van der Waals surface area contributed by atoms with Gasteiger partial charge in [0.05, 0.1) is 5.56 Å². The van der Waals surface area contributed by atoms with E-state index in [4.69, 9.17) is 20.9 Å². The summed E-state index contributed by atoms with van der Waals surface area (Å²) in [7, 11) is 0. The molecule has 5 rings (SSSR count). The summed E-state index contributed by atoms with van der Waals surface area (Å²) < 4.78 is 11.8. The maximum atomic E-state index is 12.5. The van der Waals surface area contributed by atoms with E-state index in [0.29, 0.717) is 52.0 Å². The van der Waals surface area contributed by atoms with E-state index in [1.807, 2.05) is 12.1 Å². The molecule has 3 aromatic rings. The Labute approximate surface area is 189 Å². The summed E-state index contributed by atoms with van der Waals surface area (Å²) in [5.41, 5.74) is 11.4. The van der Waals surface area contributed by atoms with Crippen LogP contribution in [0, 0.1) is 0 Å². The molecule has 8 nitrogen and oxygen atoms in total. The van der Waals surface area contributed by atoms with Gasteiger partial charge in [-0.1, -0.05) is 18.2 Å². The number of carbonyl (C=O) groups is 1. The quantitative estimate of drug-likeness (QED) is 0.293.